The highest BCUT2D eigenvalue weighted by atomic mass is 32.2. The third kappa shape index (κ3) is 2.89. The Morgan fingerprint density at radius 3 is 2.78 bits per heavy atom. The number of sulfonamides is 1. The molecule has 2 aromatic heterocycles. The lowest BCUT2D eigenvalue weighted by Crippen LogP contribution is -2.28. The van der Waals surface area contributed by atoms with Gasteiger partial charge in [-0.3, -0.25) is 4.31 Å². The smallest absolute Gasteiger partial charge is 0.273 e. The van der Waals surface area contributed by atoms with Crippen LogP contribution in [-0.2, 0) is 16.4 Å². The monoisotopic (exact) mass is 400 g/mol. The molecule has 1 aliphatic heterocycles. The Morgan fingerprint density at radius 1 is 1.11 bits per heavy atom. The first-order chi connectivity index (χ1) is 13.1. The molecule has 27 heavy (non-hydrogen) atoms. The zero-order valence-corrected chi connectivity index (χ0v) is 16.4. The maximum absolute atomic E-state index is 13.1. The Morgan fingerprint density at radius 2 is 1.93 bits per heavy atom. The first kappa shape index (κ1) is 17.0. The molecule has 1 aromatic carbocycles. The maximum atomic E-state index is 13.1. The van der Waals surface area contributed by atoms with E-state index in [4.69, 9.17) is 4.42 Å². The first-order valence-electron chi connectivity index (χ1n) is 9.29. The van der Waals surface area contributed by atoms with Gasteiger partial charge < -0.3 is 4.42 Å². The van der Waals surface area contributed by atoms with Gasteiger partial charge in [-0.1, -0.05) is 31.0 Å². The molecule has 2 aliphatic rings. The molecule has 3 aromatic rings. The Bertz CT molecular complexity index is 1080. The van der Waals surface area contributed by atoms with Crippen molar-refractivity contribution in [3.63, 3.8) is 0 Å². The molecule has 0 unspecified atom stereocenters. The van der Waals surface area contributed by atoms with Crippen molar-refractivity contribution >= 4 is 27.0 Å². The van der Waals surface area contributed by atoms with Gasteiger partial charge in [0.15, 0.2) is 11.7 Å². The van der Waals surface area contributed by atoms with Crippen LogP contribution in [0.1, 0.15) is 43.1 Å². The largest absolute Gasteiger partial charge is 0.440 e. The van der Waals surface area contributed by atoms with Crippen LogP contribution in [0, 0.1) is 0 Å². The summed E-state index contributed by atoms with van der Waals surface area (Å²) in [5, 5.41) is 0. The van der Waals surface area contributed by atoms with Gasteiger partial charge in [0.05, 0.1) is 16.8 Å². The van der Waals surface area contributed by atoms with E-state index in [9.17, 15) is 8.42 Å². The van der Waals surface area contributed by atoms with Gasteiger partial charge in [-0.2, -0.15) is 0 Å². The van der Waals surface area contributed by atoms with Crippen molar-refractivity contribution in [3.05, 3.63) is 54.0 Å². The standard InChI is InChI=1S/C20H20N2O3S2/c23-27(24,22-12-11-14-5-3-4-8-16(14)22)19-10-9-18(26-19)17-13-21-20(25-17)15-6-1-2-7-15/h3-5,8-10,13,15H,1-2,6-7,11-12H2. The molecule has 140 valence electrons. The van der Waals surface area contributed by atoms with Gasteiger partial charge in [-0.15, -0.1) is 11.3 Å². The maximum Gasteiger partial charge on any atom is 0.273 e. The number of nitrogens with zero attached hydrogens (tertiary/aromatic N) is 2. The van der Waals surface area contributed by atoms with Crippen molar-refractivity contribution in [2.75, 3.05) is 10.8 Å². The van der Waals surface area contributed by atoms with Gasteiger partial charge in [0, 0.05) is 12.5 Å². The summed E-state index contributed by atoms with van der Waals surface area (Å²) in [5.41, 5.74) is 1.87. The van der Waals surface area contributed by atoms with Gasteiger partial charge in [0.25, 0.3) is 10.0 Å². The summed E-state index contributed by atoms with van der Waals surface area (Å²) in [4.78, 5) is 5.24. The summed E-state index contributed by atoms with van der Waals surface area (Å²) in [5.74, 6) is 1.85. The minimum Gasteiger partial charge on any atom is -0.440 e. The number of anilines is 1. The molecular weight excluding hydrogens is 380 g/mol. The Balaban J connectivity index is 1.44. The predicted molar refractivity (Wildman–Crippen MR) is 106 cm³/mol. The van der Waals surface area contributed by atoms with Crippen LogP contribution in [0.3, 0.4) is 0 Å². The molecule has 5 nitrogen and oxygen atoms in total. The topological polar surface area (TPSA) is 63.4 Å². The summed E-state index contributed by atoms with van der Waals surface area (Å²) in [7, 11) is -3.56. The number of para-hydroxylation sites is 1. The second kappa shape index (κ2) is 6.49. The molecule has 1 fully saturated rings. The van der Waals surface area contributed by atoms with Gasteiger partial charge >= 0.3 is 0 Å². The minimum atomic E-state index is -3.56. The fraction of sp³-hybridized carbons (Fsp3) is 0.350. The van der Waals surface area contributed by atoms with Crippen LogP contribution in [0.4, 0.5) is 5.69 Å². The minimum absolute atomic E-state index is 0.341. The van der Waals surface area contributed by atoms with Crippen molar-refractivity contribution in [3.8, 4) is 10.6 Å². The fourth-order valence-electron chi connectivity index (χ4n) is 4.02. The van der Waals surface area contributed by atoms with E-state index in [1.54, 1.807) is 12.3 Å². The van der Waals surface area contributed by atoms with Crippen molar-refractivity contribution in [2.45, 2.75) is 42.2 Å². The van der Waals surface area contributed by atoms with Crippen LogP contribution in [0.15, 0.2) is 51.2 Å². The molecule has 0 radical (unpaired) electrons. The second-order valence-corrected chi connectivity index (χ2v) is 10.3. The van der Waals surface area contributed by atoms with E-state index in [-0.39, 0.29) is 0 Å². The Hall–Kier alpha value is -2.12. The number of thiophene rings is 1. The summed E-state index contributed by atoms with van der Waals surface area (Å²) in [6.07, 6.45) is 7.17. The van der Waals surface area contributed by atoms with E-state index < -0.39 is 10.0 Å². The number of hydrogen-bond acceptors (Lipinski definition) is 5. The number of rotatable bonds is 4. The average Bonchev–Trinajstić information content (AvgIpc) is 3.48. The van der Waals surface area contributed by atoms with Gasteiger partial charge in [-0.25, -0.2) is 13.4 Å². The van der Waals surface area contributed by atoms with E-state index in [0.717, 1.165) is 41.3 Å². The van der Waals surface area contributed by atoms with Crippen LogP contribution in [0.25, 0.3) is 10.6 Å². The third-order valence-corrected chi connectivity index (χ3v) is 8.82. The van der Waals surface area contributed by atoms with Crippen LogP contribution in [0.5, 0.6) is 0 Å². The molecule has 3 heterocycles. The SMILES string of the molecule is O=S(=O)(c1ccc(-c2cnc(C3CCCC3)o2)s1)N1CCc2ccccc21. The molecule has 0 N–H and O–H groups in total. The molecule has 5 rings (SSSR count). The van der Waals surface area contributed by atoms with Crippen molar-refractivity contribution in [1.82, 2.24) is 4.98 Å². The van der Waals surface area contributed by atoms with Crippen LogP contribution in [0.2, 0.25) is 0 Å². The van der Waals surface area contributed by atoms with Gasteiger partial charge in [-0.05, 0) is 43.0 Å². The summed E-state index contributed by atoms with van der Waals surface area (Å²) >= 11 is 1.25. The summed E-state index contributed by atoms with van der Waals surface area (Å²) in [6.45, 7) is 0.489. The molecule has 7 heteroatoms. The van der Waals surface area contributed by atoms with E-state index in [0.29, 0.717) is 22.4 Å². The first-order valence-corrected chi connectivity index (χ1v) is 11.6. The zero-order valence-electron chi connectivity index (χ0n) is 14.8. The second-order valence-electron chi connectivity index (χ2n) is 7.12. The number of hydrogen-bond donors (Lipinski definition) is 0. The van der Waals surface area contributed by atoms with Crippen LogP contribution < -0.4 is 4.31 Å². The van der Waals surface area contributed by atoms with Crippen molar-refractivity contribution in [2.24, 2.45) is 0 Å². The van der Waals surface area contributed by atoms with E-state index >= 15 is 0 Å². The molecule has 0 atom stereocenters. The molecule has 1 saturated carbocycles. The van der Waals surface area contributed by atoms with Gasteiger partial charge in [0.1, 0.15) is 4.21 Å². The van der Waals surface area contributed by atoms with Crippen molar-refractivity contribution in [1.29, 1.82) is 0 Å². The molecule has 1 aliphatic carbocycles. The lowest BCUT2D eigenvalue weighted by molar-refractivity contribution is 0.458. The van der Waals surface area contributed by atoms with E-state index in [1.807, 2.05) is 30.3 Å². The Kier molecular flexibility index (Phi) is 4.09. The highest BCUT2D eigenvalue weighted by Crippen LogP contribution is 2.39. The van der Waals surface area contributed by atoms with Crippen LogP contribution >= 0.6 is 11.3 Å². The summed E-state index contributed by atoms with van der Waals surface area (Å²) in [6, 6.07) is 11.2. The lowest BCUT2D eigenvalue weighted by atomic mass is 10.1. The highest BCUT2D eigenvalue weighted by Gasteiger charge is 2.32. The number of benzene rings is 1. The van der Waals surface area contributed by atoms with Gasteiger partial charge in [0.2, 0.25) is 0 Å². The van der Waals surface area contributed by atoms with Crippen LogP contribution in [-0.4, -0.2) is 19.9 Å². The number of fused-ring (bicyclic) bond motifs is 1. The number of oxazole rings is 1. The molecule has 0 amide bonds. The predicted octanol–water partition coefficient (Wildman–Crippen LogP) is 4.81. The van der Waals surface area contributed by atoms with Crippen molar-refractivity contribution < 1.29 is 12.8 Å². The lowest BCUT2D eigenvalue weighted by Gasteiger charge is -2.18. The third-order valence-electron chi connectivity index (χ3n) is 5.44. The molecule has 0 saturated heterocycles. The fourth-order valence-corrected chi connectivity index (χ4v) is 6.89. The number of aromatic nitrogens is 1. The molecule has 0 bridgehead atoms. The average molecular weight is 401 g/mol. The van der Waals surface area contributed by atoms with E-state index in [1.165, 1.54) is 28.5 Å². The summed E-state index contributed by atoms with van der Waals surface area (Å²) < 4.78 is 34.1. The zero-order chi connectivity index (χ0) is 18.4. The normalized spacial score (nSPS) is 17.6. The quantitative estimate of drug-likeness (QED) is 0.630. The molecular formula is C20H20N2O3S2. The molecule has 0 spiro atoms. The Labute approximate surface area is 162 Å². The van der Waals surface area contributed by atoms with E-state index in [2.05, 4.69) is 4.98 Å². The highest BCUT2D eigenvalue weighted by molar-refractivity contribution is 7.94.